The van der Waals surface area contributed by atoms with Crippen LogP contribution in [0.4, 0.5) is 13.2 Å². The zero-order valence-corrected chi connectivity index (χ0v) is 13.3. The van der Waals surface area contributed by atoms with E-state index in [1.807, 2.05) is 0 Å². The Morgan fingerprint density at radius 3 is 2.56 bits per heavy atom. The number of rotatable bonds is 6. The van der Waals surface area contributed by atoms with Crippen LogP contribution in [0.15, 0.2) is 36.5 Å². The van der Waals surface area contributed by atoms with E-state index in [9.17, 15) is 22.8 Å². The van der Waals surface area contributed by atoms with Gasteiger partial charge in [-0.1, -0.05) is 6.07 Å². The number of aromatic nitrogens is 2. The summed E-state index contributed by atoms with van der Waals surface area (Å²) < 4.78 is 39.0. The Bertz CT molecular complexity index is 771. The van der Waals surface area contributed by atoms with Crippen LogP contribution in [0.25, 0.3) is 5.69 Å². The van der Waals surface area contributed by atoms with Crippen molar-refractivity contribution in [1.29, 1.82) is 0 Å². The summed E-state index contributed by atoms with van der Waals surface area (Å²) in [7, 11) is 0. The molecule has 0 saturated heterocycles. The van der Waals surface area contributed by atoms with Gasteiger partial charge in [-0.25, -0.2) is 4.68 Å². The molecule has 0 aliphatic heterocycles. The molecule has 0 aliphatic carbocycles. The lowest BCUT2D eigenvalue weighted by atomic mass is 10.1. The maximum absolute atomic E-state index is 12.6. The predicted octanol–water partition coefficient (Wildman–Crippen LogP) is 2.83. The first kappa shape index (κ1) is 18.5. The summed E-state index contributed by atoms with van der Waals surface area (Å²) in [6.45, 7) is 2.08. The van der Waals surface area contributed by atoms with E-state index < -0.39 is 23.7 Å². The number of halogens is 3. The minimum atomic E-state index is -4.55. The van der Waals surface area contributed by atoms with Crippen LogP contribution in [0.2, 0.25) is 0 Å². The van der Waals surface area contributed by atoms with Gasteiger partial charge in [0.2, 0.25) is 0 Å². The van der Waals surface area contributed by atoms with Gasteiger partial charge in [0.25, 0.3) is 5.91 Å². The normalized spacial score (nSPS) is 11.4. The molecule has 6 nitrogen and oxygen atoms in total. The molecule has 134 valence electrons. The third-order valence-electron chi connectivity index (χ3n) is 3.50. The van der Waals surface area contributed by atoms with Crippen molar-refractivity contribution in [2.24, 2.45) is 0 Å². The molecular formula is C16H16F3N3O3. The van der Waals surface area contributed by atoms with Crippen LogP contribution in [0, 0.1) is 0 Å². The zero-order valence-electron chi connectivity index (χ0n) is 13.3. The van der Waals surface area contributed by atoms with E-state index in [1.54, 1.807) is 6.92 Å². The van der Waals surface area contributed by atoms with Gasteiger partial charge in [0.15, 0.2) is 5.69 Å². The fourth-order valence-corrected chi connectivity index (χ4v) is 2.22. The van der Waals surface area contributed by atoms with E-state index in [2.05, 4.69) is 5.10 Å². The Balaban J connectivity index is 2.24. The van der Waals surface area contributed by atoms with E-state index in [-0.39, 0.29) is 18.5 Å². The Morgan fingerprint density at radius 2 is 2.00 bits per heavy atom. The molecule has 1 heterocycles. The van der Waals surface area contributed by atoms with Gasteiger partial charge in [-0.15, -0.1) is 0 Å². The Labute approximate surface area is 141 Å². The summed E-state index contributed by atoms with van der Waals surface area (Å²) in [4.78, 5) is 24.5. The number of hydrogen-bond donors (Lipinski definition) is 1. The number of benzene rings is 1. The monoisotopic (exact) mass is 355 g/mol. The lowest BCUT2D eigenvalue weighted by molar-refractivity contribution is -0.141. The van der Waals surface area contributed by atoms with Crippen LogP contribution in [0.3, 0.4) is 0 Å². The van der Waals surface area contributed by atoms with Gasteiger partial charge in [0.05, 0.1) is 12.1 Å². The second-order valence-corrected chi connectivity index (χ2v) is 5.22. The van der Waals surface area contributed by atoms with E-state index >= 15 is 0 Å². The third-order valence-corrected chi connectivity index (χ3v) is 3.50. The number of carboxylic acid groups (broad SMARTS) is 1. The smallest absolute Gasteiger partial charge is 0.435 e. The highest BCUT2D eigenvalue weighted by Crippen LogP contribution is 2.28. The van der Waals surface area contributed by atoms with Gasteiger partial charge >= 0.3 is 12.1 Å². The standard InChI is InChI=1S/C16H16F3N3O3/c1-2-21(8-7-14(23)24)15(25)11-4-3-5-12(10-11)22-9-6-13(20-22)16(17,18)19/h3-6,9-10H,2,7-8H2,1H3,(H,23,24). The zero-order chi connectivity index (χ0) is 18.6. The second-order valence-electron chi connectivity index (χ2n) is 5.22. The first-order chi connectivity index (χ1) is 11.7. The predicted molar refractivity (Wildman–Crippen MR) is 82.4 cm³/mol. The largest absolute Gasteiger partial charge is 0.481 e. The number of aliphatic carboxylic acids is 1. The minimum absolute atomic E-state index is 0.0505. The minimum Gasteiger partial charge on any atom is -0.481 e. The lowest BCUT2D eigenvalue weighted by Gasteiger charge is -2.20. The molecule has 1 N–H and O–H groups in total. The third kappa shape index (κ3) is 4.59. The molecule has 1 aromatic heterocycles. The van der Waals surface area contributed by atoms with Crippen LogP contribution in [-0.2, 0) is 11.0 Å². The summed E-state index contributed by atoms with van der Waals surface area (Å²) >= 11 is 0. The van der Waals surface area contributed by atoms with Crippen LogP contribution >= 0.6 is 0 Å². The Morgan fingerprint density at radius 1 is 1.28 bits per heavy atom. The van der Waals surface area contributed by atoms with Crippen molar-refractivity contribution in [2.75, 3.05) is 13.1 Å². The van der Waals surface area contributed by atoms with E-state index in [1.165, 1.54) is 29.2 Å². The number of carboxylic acids is 1. The summed E-state index contributed by atoms with van der Waals surface area (Å²) in [5.41, 5.74) is -0.481. The number of hydrogen-bond acceptors (Lipinski definition) is 3. The maximum Gasteiger partial charge on any atom is 0.435 e. The molecule has 2 aromatic rings. The van der Waals surface area contributed by atoms with Crippen LogP contribution in [0.1, 0.15) is 29.4 Å². The highest BCUT2D eigenvalue weighted by molar-refractivity contribution is 5.95. The molecule has 1 amide bonds. The number of carbonyl (C=O) groups is 2. The molecule has 2 rings (SSSR count). The average molecular weight is 355 g/mol. The molecule has 1 aromatic carbocycles. The lowest BCUT2D eigenvalue weighted by Crippen LogP contribution is -2.32. The summed E-state index contributed by atoms with van der Waals surface area (Å²) in [6, 6.07) is 6.84. The van der Waals surface area contributed by atoms with Crippen molar-refractivity contribution in [3.63, 3.8) is 0 Å². The van der Waals surface area contributed by atoms with Gasteiger partial charge in [0, 0.05) is 24.8 Å². The average Bonchev–Trinajstić information content (AvgIpc) is 3.05. The fourth-order valence-electron chi connectivity index (χ4n) is 2.22. The van der Waals surface area contributed by atoms with Gasteiger partial charge in [-0.3, -0.25) is 9.59 Å². The second kappa shape index (κ2) is 7.37. The summed E-state index contributed by atoms with van der Waals surface area (Å²) in [6.07, 6.45) is -3.57. The van der Waals surface area contributed by atoms with E-state index in [0.29, 0.717) is 12.2 Å². The highest BCUT2D eigenvalue weighted by atomic mass is 19.4. The molecule has 0 radical (unpaired) electrons. The molecule has 9 heteroatoms. The van der Waals surface area contributed by atoms with Gasteiger partial charge in [0.1, 0.15) is 0 Å². The number of nitrogens with zero attached hydrogens (tertiary/aromatic N) is 3. The molecule has 25 heavy (non-hydrogen) atoms. The molecule has 0 atom stereocenters. The van der Waals surface area contributed by atoms with Gasteiger partial charge in [-0.2, -0.15) is 18.3 Å². The Kier molecular flexibility index (Phi) is 5.45. The molecule has 0 bridgehead atoms. The van der Waals surface area contributed by atoms with Crippen LogP contribution in [-0.4, -0.2) is 44.8 Å². The first-order valence-corrected chi connectivity index (χ1v) is 7.46. The molecule has 0 fully saturated rings. The molecule has 0 saturated carbocycles. The van der Waals surface area contributed by atoms with Crippen LogP contribution in [0.5, 0.6) is 0 Å². The molecule has 0 aliphatic rings. The van der Waals surface area contributed by atoms with E-state index in [0.717, 1.165) is 16.9 Å². The van der Waals surface area contributed by atoms with Gasteiger partial charge in [-0.05, 0) is 31.2 Å². The summed E-state index contributed by atoms with van der Waals surface area (Å²) in [5.74, 6) is -1.41. The number of amides is 1. The highest BCUT2D eigenvalue weighted by Gasteiger charge is 2.33. The van der Waals surface area contributed by atoms with Crippen molar-refractivity contribution >= 4 is 11.9 Å². The number of carbonyl (C=O) groups excluding carboxylic acids is 1. The fraction of sp³-hybridized carbons (Fsp3) is 0.312. The van der Waals surface area contributed by atoms with Crippen LogP contribution < -0.4 is 0 Å². The number of alkyl halides is 3. The topological polar surface area (TPSA) is 75.4 Å². The van der Waals surface area contributed by atoms with Crippen molar-refractivity contribution in [3.8, 4) is 5.69 Å². The van der Waals surface area contributed by atoms with Crippen molar-refractivity contribution in [3.05, 3.63) is 47.8 Å². The van der Waals surface area contributed by atoms with Crippen molar-refractivity contribution in [1.82, 2.24) is 14.7 Å². The SMILES string of the molecule is CCN(CCC(=O)O)C(=O)c1cccc(-n2ccc(C(F)(F)F)n2)c1. The maximum atomic E-state index is 12.6. The Hall–Kier alpha value is -2.84. The van der Waals surface area contributed by atoms with Gasteiger partial charge < -0.3 is 10.0 Å². The molecular weight excluding hydrogens is 339 g/mol. The molecule has 0 unspecified atom stereocenters. The van der Waals surface area contributed by atoms with Crippen molar-refractivity contribution < 1.29 is 27.9 Å². The summed E-state index contributed by atoms with van der Waals surface area (Å²) in [5, 5.41) is 12.2. The van der Waals surface area contributed by atoms with E-state index in [4.69, 9.17) is 5.11 Å². The quantitative estimate of drug-likeness (QED) is 0.865. The first-order valence-electron chi connectivity index (χ1n) is 7.46. The van der Waals surface area contributed by atoms with Crippen molar-refractivity contribution in [2.45, 2.75) is 19.5 Å². The molecule has 0 spiro atoms.